The average molecular weight is 276 g/mol. The molecule has 0 saturated carbocycles. The lowest BCUT2D eigenvalue weighted by Gasteiger charge is -2.12. The summed E-state index contributed by atoms with van der Waals surface area (Å²) in [6.45, 7) is 5.53. The molecule has 1 fully saturated rings. The number of hydrogen-bond donors (Lipinski definition) is 0. The van der Waals surface area contributed by atoms with Crippen molar-refractivity contribution in [2.75, 3.05) is 13.1 Å². The minimum Gasteiger partial charge on any atom is -0.296 e. The Morgan fingerprint density at radius 3 is 3.07 bits per heavy atom. The van der Waals surface area contributed by atoms with Gasteiger partial charge < -0.3 is 0 Å². The van der Waals surface area contributed by atoms with Gasteiger partial charge in [0.25, 0.3) is 0 Å². The van der Waals surface area contributed by atoms with Crippen LogP contribution in [0.4, 0.5) is 0 Å². The lowest BCUT2D eigenvalue weighted by molar-refractivity contribution is 0.311. The van der Waals surface area contributed by atoms with E-state index in [1.54, 1.807) is 0 Å². The highest BCUT2D eigenvalue weighted by Crippen LogP contribution is 2.26. The maximum Gasteiger partial charge on any atom is 0.0895 e. The van der Waals surface area contributed by atoms with Crippen LogP contribution in [0.25, 0.3) is 0 Å². The standard InChI is InChI=1S/C9H14BrN3S/c1-2-7-3-13(5-9(7)10)4-8-6-14-12-11-8/h6-7,9H,2-5H2,1H3. The fourth-order valence-corrected chi connectivity index (χ4v) is 3.31. The van der Waals surface area contributed by atoms with Crippen molar-refractivity contribution in [3.63, 3.8) is 0 Å². The summed E-state index contributed by atoms with van der Waals surface area (Å²) in [4.78, 5) is 3.10. The van der Waals surface area contributed by atoms with E-state index in [0.717, 1.165) is 24.7 Å². The Labute approximate surface area is 96.8 Å². The van der Waals surface area contributed by atoms with Crippen LogP contribution in [0.1, 0.15) is 19.0 Å². The maximum absolute atomic E-state index is 4.07. The number of alkyl halides is 1. The molecule has 2 heterocycles. The van der Waals surface area contributed by atoms with Crippen molar-refractivity contribution in [1.82, 2.24) is 14.5 Å². The van der Waals surface area contributed by atoms with Crippen LogP contribution in [-0.2, 0) is 6.54 Å². The Morgan fingerprint density at radius 1 is 1.64 bits per heavy atom. The van der Waals surface area contributed by atoms with Crippen LogP contribution in [0.5, 0.6) is 0 Å². The molecule has 0 aliphatic carbocycles. The van der Waals surface area contributed by atoms with Crippen LogP contribution >= 0.6 is 27.5 Å². The molecule has 0 amide bonds. The minimum absolute atomic E-state index is 0.652. The van der Waals surface area contributed by atoms with Gasteiger partial charge in [-0.2, -0.15) is 0 Å². The molecule has 2 unspecified atom stereocenters. The first-order valence-electron chi connectivity index (χ1n) is 4.92. The highest BCUT2D eigenvalue weighted by Gasteiger charge is 2.29. The highest BCUT2D eigenvalue weighted by atomic mass is 79.9. The van der Waals surface area contributed by atoms with Crippen LogP contribution in [0, 0.1) is 5.92 Å². The number of hydrogen-bond acceptors (Lipinski definition) is 4. The van der Waals surface area contributed by atoms with Gasteiger partial charge in [-0.05, 0) is 17.5 Å². The van der Waals surface area contributed by atoms with Gasteiger partial charge in [0.2, 0.25) is 0 Å². The molecule has 3 nitrogen and oxygen atoms in total. The fraction of sp³-hybridized carbons (Fsp3) is 0.778. The van der Waals surface area contributed by atoms with Gasteiger partial charge in [0, 0.05) is 29.8 Å². The Bertz CT molecular complexity index is 278. The fourth-order valence-electron chi connectivity index (χ4n) is 1.91. The van der Waals surface area contributed by atoms with E-state index in [-0.39, 0.29) is 0 Å². The number of likely N-dealkylation sites (tertiary alicyclic amines) is 1. The molecule has 0 radical (unpaired) electrons. The van der Waals surface area contributed by atoms with Crippen molar-refractivity contribution in [1.29, 1.82) is 0 Å². The van der Waals surface area contributed by atoms with Gasteiger partial charge in [-0.3, -0.25) is 4.90 Å². The smallest absolute Gasteiger partial charge is 0.0895 e. The summed E-state index contributed by atoms with van der Waals surface area (Å²) in [5.74, 6) is 0.793. The molecule has 1 aromatic rings. The number of aromatic nitrogens is 2. The monoisotopic (exact) mass is 275 g/mol. The number of halogens is 1. The first-order valence-corrected chi connectivity index (χ1v) is 6.67. The van der Waals surface area contributed by atoms with Gasteiger partial charge in [0.15, 0.2) is 0 Å². The summed E-state index contributed by atoms with van der Waals surface area (Å²) in [5.41, 5.74) is 1.10. The molecule has 0 N–H and O–H groups in total. The van der Waals surface area contributed by atoms with E-state index in [4.69, 9.17) is 0 Å². The van der Waals surface area contributed by atoms with E-state index in [0.29, 0.717) is 4.83 Å². The largest absolute Gasteiger partial charge is 0.296 e. The molecule has 1 aliphatic rings. The summed E-state index contributed by atoms with van der Waals surface area (Å²) >= 11 is 5.17. The number of rotatable bonds is 3. The predicted octanol–water partition coefficient (Wildman–Crippen LogP) is 2.14. The summed E-state index contributed by atoms with van der Waals surface area (Å²) in [7, 11) is 0. The van der Waals surface area contributed by atoms with Crippen LogP contribution in [-0.4, -0.2) is 32.4 Å². The maximum atomic E-state index is 4.07. The molecule has 0 spiro atoms. The van der Waals surface area contributed by atoms with Crippen molar-refractivity contribution in [3.05, 3.63) is 11.1 Å². The first kappa shape index (κ1) is 10.5. The molecule has 5 heteroatoms. The van der Waals surface area contributed by atoms with Gasteiger partial charge >= 0.3 is 0 Å². The summed E-state index contributed by atoms with van der Waals surface area (Å²) in [6.07, 6.45) is 1.25. The topological polar surface area (TPSA) is 29.0 Å². The van der Waals surface area contributed by atoms with E-state index >= 15 is 0 Å². The molecular formula is C9H14BrN3S. The van der Waals surface area contributed by atoms with Gasteiger partial charge in [0.1, 0.15) is 0 Å². The van der Waals surface area contributed by atoms with Crippen LogP contribution < -0.4 is 0 Å². The van der Waals surface area contributed by atoms with Crippen molar-refractivity contribution >= 4 is 27.5 Å². The molecule has 78 valence electrons. The van der Waals surface area contributed by atoms with E-state index in [9.17, 15) is 0 Å². The van der Waals surface area contributed by atoms with Gasteiger partial charge in [-0.1, -0.05) is 33.8 Å². The minimum atomic E-state index is 0.652. The quantitative estimate of drug-likeness (QED) is 0.792. The van der Waals surface area contributed by atoms with E-state index in [1.165, 1.54) is 24.5 Å². The summed E-state index contributed by atoms with van der Waals surface area (Å²) in [5, 5.41) is 6.10. The van der Waals surface area contributed by atoms with Crippen molar-refractivity contribution in [2.24, 2.45) is 5.92 Å². The molecule has 2 atom stereocenters. The zero-order chi connectivity index (χ0) is 9.97. The van der Waals surface area contributed by atoms with E-state index < -0.39 is 0 Å². The molecule has 0 bridgehead atoms. The Balaban J connectivity index is 1.89. The zero-order valence-electron chi connectivity index (χ0n) is 8.19. The molecule has 1 aromatic heterocycles. The van der Waals surface area contributed by atoms with Crippen LogP contribution in [0.2, 0.25) is 0 Å². The summed E-state index contributed by atoms with van der Waals surface area (Å²) in [6, 6.07) is 0. The van der Waals surface area contributed by atoms with E-state index in [2.05, 4.69) is 37.3 Å². The molecule has 14 heavy (non-hydrogen) atoms. The predicted molar refractivity (Wildman–Crippen MR) is 61.7 cm³/mol. The van der Waals surface area contributed by atoms with Crippen molar-refractivity contribution in [3.8, 4) is 0 Å². The second-order valence-electron chi connectivity index (χ2n) is 3.77. The summed E-state index contributed by atoms with van der Waals surface area (Å²) < 4.78 is 3.88. The Kier molecular flexibility index (Phi) is 3.52. The second kappa shape index (κ2) is 4.68. The second-order valence-corrected chi connectivity index (χ2v) is 5.56. The molecule has 1 saturated heterocycles. The third kappa shape index (κ3) is 2.32. The molecular weight excluding hydrogens is 262 g/mol. The molecule has 2 rings (SSSR count). The third-order valence-corrected chi connectivity index (χ3v) is 4.34. The lowest BCUT2D eigenvalue weighted by Crippen LogP contribution is -2.20. The molecule has 0 aromatic carbocycles. The third-order valence-electron chi connectivity index (χ3n) is 2.75. The number of nitrogens with zero attached hydrogens (tertiary/aromatic N) is 3. The van der Waals surface area contributed by atoms with Crippen molar-refractivity contribution < 1.29 is 0 Å². The highest BCUT2D eigenvalue weighted by molar-refractivity contribution is 9.09. The SMILES string of the molecule is CCC1CN(Cc2csnn2)CC1Br. The Morgan fingerprint density at radius 2 is 2.50 bits per heavy atom. The Hall–Kier alpha value is -0.0000000000000000555. The van der Waals surface area contributed by atoms with Gasteiger partial charge in [0.05, 0.1) is 5.69 Å². The first-order chi connectivity index (χ1) is 6.79. The van der Waals surface area contributed by atoms with Crippen molar-refractivity contribution in [2.45, 2.75) is 24.7 Å². The average Bonchev–Trinajstić information content (AvgIpc) is 2.76. The van der Waals surface area contributed by atoms with Crippen LogP contribution in [0.3, 0.4) is 0 Å². The van der Waals surface area contributed by atoms with Crippen LogP contribution in [0.15, 0.2) is 5.38 Å². The normalized spacial score (nSPS) is 28.4. The zero-order valence-corrected chi connectivity index (χ0v) is 10.6. The van der Waals surface area contributed by atoms with E-state index in [1.807, 2.05) is 5.38 Å². The molecule has 1 aliphatic heterocycles. The van der Waals surface area contributed by atoms with Gasteiger partial charge in [-0.15, -0.1) is 5.10 Å². The van der Waals surface area contributed by atoms with Gasteiger partial charge in [-0.25, -0.2) is 0 Å². The lowest BCUT2D eigenvalue weighted by atomic mass is 10.1.